The number of rotatable bonds is 3. The van der Waals surface area contributed by atoms with Gasteiger partial charge in [0, 0.05) is 7.05 Å². The van der Waals surface area contributed by atoms with E-state index in [1.165, 1.54) is 49.5 Å². The van der Waals surface area contributed by atoms with Crippen molar-refractivity contribution in [3.8, 4) is 6.07 Å². The number of anilines is 1. The highest BCUT2D eigenvalue weighted by molar-refractivity contribution is 7.92. The number of nitrogens with zero attached hydrogens (tertiary/aromatic N) is 2. The molecule has 0 amide bonds. The van der Waals surface area contributed by atoms with Crippen LogP contribution in [0.15, 0.2) is 47.4 Å². The molecule has 0 unspecified atom stereocenters. The van der Waals surface area contributed by atoms with Gasteiger partial charge in [0.15, 0.2) is 0 Å². The molecule has 0 fully saturated rings. The van der Waals surface area contributed by atoms with Gasteiger partial charge in [-0.15, -0.1) is 0 Å². The van der Waals surface area contributed by atoms with Crippen LogP contribution in [-0.4, -0.2) is 15.5 Å². The van der Waals surface area contributed by atoms with Crippen molar-refractivity contribution in [1.29, 1.82) is 5.26 Å². The van der Waals surface area contributed by atoms with E-state index in [0.29, 0.717) is 0 Å². The lowest BCUT2D eigenvalue weighted by Gasteiger charge is -2.20. The number of sulfonamides is 1. The lowest BCUT2D eigenvalue weighted by Crippen LogP contribution is -2.27. The molecule has 4 nitrogen and oxygen atoms in total. The maximum absolute atomic E-state index is 13.7. The zero-order valence-electron chi connectivity index (χ0n) is 10.9. The van der Waals surface area contributed by atoms with Crippen molar-refractivity contribution in [2.75, 3.05) is 11.4 Å². The van der Waals surface area contributed by atoms with Crippen molar-refractivity contribution in [1.82, 2.24) is 0 Å². The molecule has 0 N–H and O–H groups in total. The molecule has 0 aliphatic carbocycles. The SMILES string of the molecule is CN(c1ccccc1F)S(=O)(=O)c1ccc(C#N)c(Cl)c1. The zero-order valence-corrected chi connectivity index (χ0v) is 12.5. The number of hydrogen-bond donors (Lipinski definition) is 0. The Labute approximate surface area is 127 Å². The van der Waals surface area contributed by atoms with Gasteiger partial charge < -0.3 is 0 Å². The van der Waals surface area contributed by atoms with E-state index < -0.39 is 15.8 Å². The summed E-state index contributed by atoms with van der Waals surface area (Å²) in [5, 5.41) is 8.82. The first-order valence-electron chi connectivity index (χ1n) is 5.81. The molecule has 0 bridgehead atoms. The molecule has 0 aromatic heterocycles. The average molecular weight is 325 g/mol. The van der Waals surface area contributed by atoms with E-state index in [1.54, 1.807) is 0 Å². The molecule has 2 aromatic rings. The Kier molecular flexibility index (Phi) is 4.16. The van der Waals surface area contributed by atoms with E-state index in [0.717, 1.165) is 4.31 Å². The fourth-order valence-electron chi connectivity index (χ4n) is 1.74. The first-order chi connectivity index (χ1) is 9.87. The molecule has 0 radical (unpaired) electrons. The molecular formula is C14H10ClFN2O2S. The van der Waals surface area contributed by atoms with E-state index in [1.807, 2.05) is 6.07 Å². The van der Waals surface area contributed by atoms with Crippen molar-refractivity contribution >= 4 is 27.3 Å². The summed E-state index contributed by atoms with van der Waals surface area (Å²) in [6, 6.07) is 11.1. The van der Waals surface area contributed by atoms with Gasteiger partial charge >= 0.3 is 0 Å². The van der Waals surface area contributed by atoms with Gasteiger partial charge in [-0.3, -0.25) is 4.31 Å². The largest absolute Gasteiger partial charge is 0.266 e. The van der Waals surface area contributed by atoms with Gasteiger partial charge in [0.2, 0.25) is 0 Å². The third-order valence-corrected chi connectivity index (χ3v) is 4.99. The highest BCUT2D eigenvalue weighted by Crippen LogP contribution is 2.27. The minimum atomic E-state index is -3.96. The van der Waals surface area contributed by atoms with Gasteiger partial charge in [0.1, 0.15) is 11.9 Å². The molecule has 0 aliphatic heterocycles. The van der Waals surface area contributed by atoms with Crippen molar-refractivity contribution < 1.29 is 12.8 Å². The highest BCUT2D eigenvalue weighted by Gasteiger charge is 2.24. The first-order valence-corrected chi connectivity index (χ1v) is 7.63. The van der Waals surface area contributed by atoms with E-state index in [9.17, 15) is 12.8 Å². The molecule has 0 spiro atoms. The summed E-state index contributed by atoms with van der Waals surface area (Å²) in [5.74, 6) is -0.650. The monoisotopic (exact) mass is 324 g/mol. The summed E-state index contributed by atoms with van der Waals surface area (Å²) < 4.78 is 39.5. The second kappa shape index (κ2) is 5.72. The Hall–Kier alpha value is -2.10. The predicted octanol–water partition coefficient (Wildman–Crippen LogP) is 3.18. The number of nitriles is 1. The second-order valence-electron chi connectivity index (χ2n) is 4.18. The molecule has 0 saturated heterocycles. The van der Waals surface area contributed by atoms with Crippen LogP contribution in [0, 0.1) is 17.1 Å². The van der Waals surface area contributed by atoms with E-state index in [4.69, 9.17) is 16.9 Å². The number of para-hydroxylation sites is 1. The number of hydrogen-bond acceptors (Lipinski definition) is 3. The Bertz CT molecular complexity index is 831. The summed E-state index contributed by atoms with van der Waals surface area (Å²) in [6.45, 7) is 0. The van der Waals surface area contributed by atoms with E-state index in [-0.39, 0.29) is 21.2 Å². The zero-order chi connectivity index (χ0) is 15.6. The summed E-state index contributed by atoms with van der Waals surface area (Å²) in [6.07, 6.45) is 0. The van der Waals surface area contributed by atoms with Crippen molar-refractivity contribution in [3.63, 3.8) is 0 Å². The minimum absolute atomic E-state index is 0.0282. The van der Waals surface area contributed by atoms with Crippen LogP contribution in [0.3, 0.4) is 0 Å². The van der Waals surface area contributed by atoms with E-state index in [2.05, 4.69) is 0 Å². The molecule has 0 atom stereocenters. The van der Waals surface area contributed by atoms with Crippen molar-refractivity contribution in [3.05, 3.63) is 58.9 Å². The fraction of sp³-hybridized carbons (Fsp3) is 0.0714. The smallest absolute Gasteiger partial charge is 0.264 e. The van der Waals surface area contributed by atoms with Crippen molar-refractivity contribution in [2.45, 2.75) is 4.90 Å². The Morgan fingerprint density at radius 1 is 1.24 bits per heavy atom. The molecule has 2 aromatic carbocycles. The summed E-state index contributed by atoms with van der Waals surface area (Å²) in [7, 11) is -2.71. The molecule has 108 valence electrons. The third-order valence-electron chi connectivity index (χ3n) is 2.91. The maximum atomic E-state index is 13.7. The Morgan fingerprint density at radius 3 is 2.48 bits per heavy atom. The number of halogens is 2. The quantitative estimate of drug-likeness (QED) is 0.871. The van der Waals surface area contributed by atoms with Gasteiger partial charge in [-0.05, 0) is 30.3 Å². The fourth-order valence-corrected chi connectivity index (χ4v) is 3.26. The van der Waals surface area contributed by atoms with Gasteiger partial charge in [0.25, 0.3) is 10.0 Å². The van der Waals surface area contributed by atoms with Crippen LogP contribution in [0.2, 0.25) is 5.02 Å². The first kappa shape index (κ1) is 15.3. The van der Waals surface area contributed by atoms with Crippen LogP contribution in [0.1, 0.15) is 5.56 Å². The molecular weight excluding hydrogens is 315 g/mol. The average Bonchev–Trinajstić information content (AvgIpc) is 2.47. The highest BCUT2D eigenvalue weighted by atomic mass is 35.5. The topological polar surface area (TPSA) is 61.2 Å². The molecule has 0 aliphatic rings. The Balaban J connectivity index is 2.50. The maximum Gasteiger partial charge on any atom is 0.264 e. The van der Waals surface area contributed by atoms with Crippen LogP contribution in [0.4, 0.5) is 10.1 Å². The second-order valence-corrected chi connectivity index (χ2v) is 6.55. The van der Waals surface area contributed by atoms with Gasteiger partial charge in [-0.2, -0.15) is 5.26 Å². The molecule has 7 heteroatoms. The summed E-state index contributed by atoms with van der Waals surface area (Å²) in [5.41, 5.74) is 0.0992. The van der Waals surface area contributed by atoms with Crippen LogP contribution in [-0.2, 0) is 10.0 Å². The standard InChI is InChI=1S/C14H10ClFN2O2S/c1-18(14-5-3-2-4-13(14)16)21(19,20)11-7-6-10(9-17)12(15)8-11/h2-8H,1H3. The van der Waals surface area contributed by atoms with Crippen LogP contribution < -0.4 is 4.31 Å². The molecule has 21 heavy (non-hydrogen) atoms. The minimum Gasteiger partial charge on any atom is -0.266 e. The number of benzene rings is 2. The molecule has 2 rings (SSSR count). The van der Waals surface area contributed by atoms with Gasteiger partial charge in [-0.25, -0.2) is 12.8 Å². The normalized spacial score (nSPS) is 11.0. The van der Waals surface area contributed by atoms with Gasteiger partial charge in [-0.1, -0.05) is 23.7 Å². The van der Waals surface area contributed by atoms with Crippen LogP contribution in [0.25, 0.3) is 0 Å². The third kappa shape index (κ3) is 2.84. The van der Waals surface area contributed by atoms with Crippen molar-refractivity contribution in [2.24, 2.45) is 0 Å². The molecule has 0 saturated carbocycles. The summed E-state index contributed by atoms with van der Waals surface area (Å²) >= 11 is 5.84. The Morgan fingerprint density at radius 2 is 1.90 bits per heavy atom. The summed E-state index contributed by atoms with van der Waals surface area (Å²) in [4.78, 5) is -0.114. The van der Waals surface area contributed by atoms with Crippen LogP contribution in [0.5, 0.6) is 0 Å². The molecule has 0 heterocycles. The lowest BCUT2D eigenvalue weighted by molar-refractivity contribution is 0.589. The lowest BCUT2D eigenvalue weighted by atomic mass is 10.2. The van der Waals surface area contributed by atoms with E-state index >= 15 is 0 Å². The van der Waals surface area contributed by atoms with Gasteiger partial charge in [0.05, 0.1) is 21.2 Å². The van der Waals surface area contributed by atoms with Crippen LogP contribution >= 0.6 is 11.6 Å². The predicted molar refractivity (Wildman–Crippen MR) is 78.2 cm³/mol.